The minimum Gasteiger partial charge on any atom is -0.444 e. The second-order valence-corrected chi connectivity index (χ2v) is 8.92. The molecule has 6 nitrogen and oxygen atoms in total. The Morgan fingerprint density at radius 3 is 2.17 bits per heavy atom. The SMILES string of the molecule is CC(=O)SC1(C(=O)N2CCCCC2)CCCN1C(=O)OC(C)(C)C. The number of carbonyl (C=O) groups is 3. The molecule has 0 aliphatic carbocycles. The van der Waals surface area contributed by atoms with Gasteiger partial charge in [0.2, 0.25) is 0 Å². The van der Waals surface area contributed by atoms with Gasteiger partial charge in [-0.25, -0.2) is 4.79 Å². The summed E-state index contributed by atoms with van der Waals surface area (Å²) in [6, 6.07) is 0. The average Bonchev–Trinajstić information content (AvgIpc) is 2.89. The fourth-order valence-corrected chi connectivity index (χ4v) is 4.52. The zero-order valence-corrected chi connectivity index (χ0v) is 15.9. The maximum atomic E-state index is 13.2. The van der Waals surface area contributed by atoms with Gasteiger partial charge in [0.15, 0.2) is 9.99 Å². The summed E-state index contributed by atoms with van der Waals surface area (Å²) < 4.78 is 5.49. The summed E-state index contributed by atoms with van der Waals surface area (Å²) >= 11 is 0.969. The molecule has 136 valence electrons. The standard InChI is InChI=1S/C17H28N2O4S/c1-13(20)24-17(14(21)18-10-6-5-7-11-18)9-8-12-19(17)15(22)23-16(2,3)4/h5-12H2,1-4H3. The van der Waals surface area contributed by atoms with Crippen LogP contribution in [0.1, 0.15) is 59.8 Å². The lowest BCUT2D eigenvalue weighted by Crippen LogP contribution is -2.58. The number of ether oxygens (including phenoxy) is 1. The fourth-order valence-electron chi connectivity index (χ4n) is 3.30. The van der Waals surface area contributed by atoms with Gasteiger partial charge in [0.05, 0.1) is 0 Å². The van der Waals surface area contributed by atoms with Gasteiger partial charge in [0.25, 0.3) is 5.91 Å². The van der Waals surface area contributed by atoms with Crippen LogP contribution in [0.25, 0.3) is 0 Å². The molecule has 7 heteroatoms. The lowest BCUT2D eigenvalue weighted by atomic mass is 10.1. The van der Waals surface area contributed by atoms with Crippen molar-refractivity contribution in [3.05, 3.63) is 0 Å². The number of nitrogens with zero attached hydrogens (tertiary/aromatic N) is 2. The van der Waals surface area contributed by atoms with Crippen LogP contribution < -0.4 is 0 Å². The van der Waals surface area contributed by atoms with Gasteiger partial charge in [0, 0.05) is 26.6 Å². The number of hydrogen-bond acceptors (Lipinski definition) is 5. The molecule has 1 unspecified atom stereocenters. The van der Waals surface area contributed by atoms with Crippen molar-refractivity contribution >= 4 is 28.9 Å². The predicted octanol–water partition coefficient (Wildman–Crippen LogP) is 3.01. The van der Waals surface area contributed by atoms with Gasteiger partial charge in [-0.1, -0.05) is 0 Å². The molecule has 2 amide bonds. The van der Waals surface area contributed by atoms with E-state index in [1.807, 2.05) is 4.90 Å². The number of piperidine rings is 1. The highest BCUT2D eigenvalue weighted by molar-refractivity contribution is 8.15. The van der Waals surface area contributed by atoms with Crippen LogP contribution in [0.5, 0.6) is 0 Å². The number of hydrogen-bond donors (Lipinski definition) is 0. The van der Waals surface area contributed by atoms with Gasteiger partial charge in [-0.2, -0.15) is 0 Å². The first-order chi connectivity index (χ1) is 11.2. The van der Waals surface area contributed by atoms with Crippen LogP contribution in [-0.4, -0.2) is 57.0 Å². The Morgan fingerprint density at radius 1 is 1.00 bits per heavy atom. The highest BCUT2D eigenvalue weighted by Gasteiger charge is 2.54. The lowest BCUT2D eigenvalue weighted by molar-refractivity contribution is -0.138. The molecule has 0 saturated carbocycles. The Balaban J connectivity index is 2.29. The van der Waals surface area contributed by atoms with Crippen molar-refractivity contribution in [2.75, 3.05) is 19.6 Å². The summed E-state index contributed by atoms with van der Waals surface area (Å²) in [5, 5.41) is -0.157. The first-order valence-electron chi connectivity index (χ1n) is 8.65. The van der Waals surface area contributed by atoms with Crippen molar-refractivity contribution in [1.29, 1.82) is 0 Å². The van der Waals surface area contributed by atoms with E-state index in [9.17, 15) is 14.4 Å². The van der Waals surface area contributed by atoms with Crippen LogP contribution >= 0.6 is 11.8 Å². The van der Waals surface area contributed by atoms with E-state index < -0.39 is 16.6 Å². The van der Waals surface area contributed by atoms with E-state index >= 15 is 0 Å². The average molecular weight is 356 g/mol. The van der Waals surface area contributed by atoms with Crippen LogP contribution in [0.15, 0.2) is 0 Å². The van der Waals surface area contributed by atoms with E-state index in [1.54, 1.807) is 20.8 Å². The molecule has 0 bridgehead atoms. The summed E-state index contributed by atoms with van der Waals surface area (Å²) in [4.78, 5) is 39.9. The van der Waals surface area contributed by atoms with Crippen LogP contribution in [-0.2, 0) is 14.3 Å². The van der Waals surface area contributed by atoms with Crippen molar-refractivity contribution < 1.29 is 19.1 Å². The summed E-state index contributed by atoms with van der Waals surface area (Å²) in [7, 11) is 0. The maximum Gasteiger partial charge on any atom is 0.411 e. The molecule has 2 heterocycles. The van der Waals surface area contributed by atoms with Crippen LogP contribution in [0.3, 0.4) is 0 Å². The van der Waals surface area contributed by atoms with Crippen molar-refractivity contribution in [2.24, 2.45) is 0 Å². The monoisotopic (exact) mass is 356 g/mol. The highest BCUT2D eigenvalue weighted by Crippen LogP contribution is 2.42. The molecule has 0 spiro atoms. The highest BCUT2D eigenvalue weighted by atomic mass is 32.2. The Morgan fingerprint density at radius 2 is 1.62 bits per heavy atom. The normalized spacial score (nSPS) is 24.8. The summed E-state index contributed by atoms with van der Waals surface area (Å²) in [5.41, 5.74) is -0.638. The Bertz CT molecular complexity index is 511. The molecule has 2 aliphatic rings. The molecular formula is C17H28N2O4S. The van der Waals surface area contributed by atoms with Gasteiger partial charge in [-0.3, -0.25) is 14.5 Å². The lowest BCUT2D eigenvalue weighted by Gasteiger charge is -2.40. The second-order valence-electron chi connectivity index (χ2n) is 7.47. The van der Waals surface area contributed by atoms with Gasteiger partial charge in [-0.15, -0.1) is 0 Å². The zero-order valence-electron chi connectivity index (χ0n) is 15.1. The molecule has 2 rings (SSSR count). The van der Waals surface area contributed by atoms with E-state index in [1.165, 1.54) is 11.8 Å². The molecule has 1 atom stereocenters. The van der Waals surface area contributed by atoms with E-state index in [0.717, 1.165) is 31.0 Å². The molecule has 0 aromatic rings. The Hall–Kier alpha value is -1.24. The van der Waals surface area contributed by atoms with Crippen LogP contribution in [0.4, 0.5) is 4.79 Å². The quantitative estimate of drug-likeness (QED) is 0.761. The molecule has 0 N–H and O–H groups in total. The molecule has 0 aromatic carbocycles. The predicted molar refractivity (Wildman–Crippen MR) is 93.6 cm³/mol. The molecule has 24 heavy (non-hydrogen) atoms. The number of amides is 2. The molecule has 0 radical (unpaired) electrons. The largest absolute Gasteiger partial charge is 0.444 e. The van der Waals surface area contributed by atoms with Gasteiger partial charge in [-0.05, 0) is 64.6 Å². The van der Waals surface area contributed by atoms with Crippen LogP contribution in [0.2, 0.25) is 0 Å². The molecular weight excluding hydrogens is 328 g/mol. The minimum absolute atomic E-state index is 0.120. The van der Waals surface area contributed by atoms with Gasteiger partial charge >= 0.3 is 6.09 Å². The van der Waals surface area contributed by atoms with Crippen molar-refractivity contribution in [2.45, 2.75) is 70.3 Å². The van der Waals surface area contributed by atoms with Gasteiger partial charge < -0.3 is 9.64 Å². The van der Waals surface area contributed by atoms with E-state index in [2.05, 4.69) is 0 Å². The van der Waals surface area contributed by atoms with Crippen LogP contribution in [0, 0.1) is 0 Å². The number of rotatable bonds is 2. The molecule has 2 fully saturated rings. The van der Waals surface area contributed by atoms with E-state index in [-0.39, 0.29) is 11.0 Å². The van der Waals surface area contributed by atoms with Crippen molar-refractivity contribution in [1.82, 2.24) is 9.80 Å². The molecule has 0 aromatic heterocycles. The summed E-state index contributed by atoms with van der Waals surface area (Å²) in [6.45, 7) is 8.67. The first-order valence-corrected chi connectivity index (χ1v) is 9.47. The molecule has 2 aliphatic heterocycles. The van der Waals surface area contributed by atoms with E-state index in [4.69, 9.17) is 4.74 Å². The van der Waals surface area contributed by atoms with Gasteiger partial charge in [0.1, 0.15) is 5.60 Å². The summed E-state index contributed by atoms with van der Waals surface area (Å²) in [5.74, 6) is -0.120. The number of carbonyl (C=O) groups excluding carboxylic acids is 3. The third-order valence-corrected chi connectivity index (χ3v) is 5.46. The Labute approximate surface area is 148 Å². The third kappa shape index (κ3) is 4.23. The number of likely N-dealkylation sites (tertiary alicyclic amines) is 2. The second kappa shape index (κ2) is 7.33. The maximum absolute atomic E-state index is 13.2. The first kappa shape index (κ1) is 19.1. The minimum atomic E-state index is -1.15. The van der Waals surface area contributed by atoms with E-state index in [0.29, 0.717) is 32.5 Å². The summed E-state index contributed by atoms with van der Waals surface area (Å²) in [6.07, 6.45) is 3.73. The number of thioether (sulfide) groups is 1. The fraction of sp³-hybridized carbons (Fsp3) is 0.824. The topological polar surface area (TPSA) is 66.9 Å². The Kier molecular flexibility index (Phi) is 5.83. The zero-order chi connectivity index (χ0) is 18.0. The third-order valence-electron chi connectivity index (χ3n) is 4.24. The molecule has 2 saturated heterocycles. The smallest absolute Gasteiger partial charge is 0.411 e. The van der Waals surface area contributed by atoms with Crippen molar-refractivity contribution in [3.8, 4) is 0 Å². The van der Waals surface area contributed by atoms with Crippen molar-refractivity contribution in [3.63, 3.8) is 0 Å².